The molecule has 2 unspecified atom stereocenters. The van der Waals surface area contributed by atoms with Gasteiger partial charge in [0.05, 0.1) is 0 Å². The van der Waals surface area contributed by atoms with Crippen molar-refractivity contribution in [3.8, 4) is 0 Å². The molecular weight excluding hydrogens is 182 g/mol. The van der Waals surface area contributed by atoms with Gasteiger partial charge in [0.2, 0.25) is 0 Å². The van der Waals surface area contributed by atoms with Crippen LogP contribution in [-0.2, 0) is 0 Å². The minimum Gasteiger partial charge on any atom is -0.328 e. The van der Waals surface area contributed by atoms with Crippen LogP contribution in [0.2, 0.25) is 0 Å². The molecular formula is C10H19NOS. The van der Waals surface area contributed by atoms with Crippen LogP contribution >= 0.6 is 11.8 Å². The van der Waals surface area contributed by atoms with Gasteiger partial charge in [-0.25, -0.2) is 0 Å². The average molecular weight is 201 g/mol. The highest BCUT2D eigenvalue weighted by Gasteiger charge is 2.28. The molecule has 0 spiro atoms. The number of likely N-dealkylation sites (tertiary alicyclic amines) is 1. The van der Waals surface area contributed by atoms with Gasteiger partial charge in [-0.2, -0.15) is 0 Å². The van der Waals surface area contributed by atoms with Crippen LogP contribution in [0.1, 0.15) is 40.0 Å². The fraction of sp³-hybridized carbons (Fsp3) is 0.900. The van der Waals surface area contributed by atoms with Crippen LogP contribution < -0.4 is 0 Å². The second-order valence-electron chi connectivity index (χ2n) is 3.74. The van der Waals surface area contributed by atoms with Crippen molar-refractivity contribution in [2.24, 2.45) is 0 Å². The first-order valence-electron chi connectivity index (χ1n) is 5.12. The van der Waals surface area contributed by atoms with Crippen molar-refractivity contribution in [2.45, 2.75) is 52.1 Å². The molecule has 1 aliphatic rings. The van der Waals surface area contributed by atoms with E-state index in [-0.39, 0.29) is 5.24 Å². The monoisotopic (exact) mass is 201 g/mol. The normalized spacial score (nSPS) is 29.0. The predicted octanol–water partition coefficient (Wildman–Crippen LogP) is 3.12. The summed E-state index contributed by atoms with van der Waals surface area (Å²) in [6.45, 7) is 6.34. The number of carbonyl (C=O) groups excluding carboxylic acids is 1. The Morgan fingerprint density at radius 2 is 1.92 bits per heavy atom. The highest BCUT2D eigenvalue weighted by Crippen LogP contribution is 2.25. The Kier molecular flexibility index (Phi) is 4.10. The molecule has 1 fully saturated rings. The van der Waals surface area contributed by atoms with Crippen molar-refractivity contribution < 1.29 is 4.79 Å². The zero-order valence-electron chi connectivity index (χ0n) is 8.75. The molecule has 0 aromatic carbocycles. The van der Waals surface area contributed by atoms with E-state index in [1.807, 2.05) is 6.92 Å². The van der Waals surface area contributed by atoms with Gasteiger partial charge < -0.3 is 4.90 Å². The van der Waals surface area contributed by atoms with Gasteiger partial charge in [0, 0.05) is 12.1 Å². The van der Waals surface area contributed by atoms with Gasteiger partial charge in [0.15, 0.2) is 0 Å². The SMILES string of the molecule is CCSC(=O)N1C(C)CCCC1C. The topological polar surface area (TPSA) is 20.3 Å². The molecule has 2 nitrogen and oxygen atoms in total. The van der Waals surface area contributed by atoms with Gasteiger partial charge in [0.25, 0.3) is 5.24 Å². The number of nitrogens with zero attached hydrogens (tertiary/aromatic N) is 1. The van der Waals surface area contributed by atoms with Gasteiger partial charge in [0.1, 0.15) is 0 Å². The summed E-state index contributed by atoms with van der Waals surface area (Å²) in [5, 5.41) is 0.266. The summed E-state index contributed by atoms with van der Waals surface area (Å²) in [5.41, 5.74) is 0. The Labute approximate surface area is 85.1 Å². The molecule has 1 saturated heterocycles. The van der Waals surface area contributed by atoms with Gasteiger partial charge in [-0.05, 0) is 38.9 Å². The van der Waals surface area contributed by atoms with Crippen LogP contribution in [0.4, 0.5) is 4.79 Å². The first-order valence-corrected chi connectivity index (χ1v) is 6.10. The minimum atomic E-state index is 0.266. The second kappa shape index (κ2) is 4.89. The van der Waals surface area contributed by atoms with E-state index in [0.29, 0.717) is 12.1 Å². The smallest absolute Gasteiger partial charge is 0.282 e. The fourth-order valence-corrected chi connectivity index (χ4v) is 2.74. The summed E-state index contributed by atoms with van der Waals surface area (Å²) in [5.74, 6) is 0.884. The van der Waals surface area contributed by atoms with E-state index in [1.54, 1.807) is 0 Å². The van der Waals surface area contributed by atoms with E-state index in [1.165, 1.54) is 31.0 Å². The molecule has 0 aromatic heterocycles. The van der Waals surface area contributed by atoms with E-state index in [9.17, 15) is 4.79 Å². The minimum absolute atomic E-state index is 0.266. The van der Waals surface area contributed by atoms with Crippen molar-refractivity contribution in [1.29, 1.82) is 0 Å². The standard InChI is InChI=1S/C10H19NOS/c1-4-13-10(12)11-8(2)6-5-7-9(11)3/h8-9H,4-7H2,1-3H3. The maximum absolute atomic E-state index is 11.7. The van der Waals surface area contributed by atoms with Crippen LogP contribution in [0.3, 0.4) is 0 Å². The third-order valence-electron chi connectivity index (χ3n) is 2.67. The summed E-state index contributed by atoms with van der Waals surface area (Å²) in [6, 6.07) is 0.880. The predicted molar refractivity (Wildman–Crippen MR) is 58.1 cm³/mol. The lowest BCUT2D eigenvalue weighted by molar-refractivity contribution is 0.143. The summed E-state index contributed by atoms with van der Waals surface area (Å²) < 4.78 is 0. The Bertz CT molecular complexity index is 174. The van der Waals surface area contributed by atoms with Gasteiger partial charge in [-0.15, -0.1) is 0 Å². The molecule has 0 saturated carbocycles. The highest BCUT2D eigenvalue weighted by atomic mass is 32.2. The van der Waals surface area contributed by atoms with E-state index < -0.39 is 0 Å². The number of rotatable bonds is 1. The molecule has 0 radical (unpaired) electrons. The molecule has 1 heterocycles. The van der Waals surface area contributed by atoms with Crippen LogP contribution in [0.25, 0.3) is 0 Å². The summed E-state index contributed by atoms with van der Waals surface area (Å²) in [6.07, 6.45) is 3.60. The molecule has 0 bridgehead atoms. The molecule has 1 rings (SSSR count). The van der Waals surface area contributed by atoms with Gasteiger partial charge >= 0.3 is 0 Å². The third kappa shape index (κ3) is 2.63. The maximum Gasteiger partial charge on any atom is 0.282 e. The zero-order chi connectivity index (χ0) is 9.84. The van der Waals surface area contributed by atoms with E-state index in [2.05, 4.69) is 18.7 Å². The first-order chi connectivity index (χ1) is 6.16. The molecule has 76 valence electrons. The Hall–Kier alpha value is -0.180. The molecule has 0 aromatic rings. The number of hydrogen-bond donors (Lipinski definition) is 0. The summed E-state index contributed by atoms with van der Waals surface area (Å²) in [7, 11) is 0. The number of hydrogen-bond acceptors (Lipinski definition) is 2. The Balaban J connectivity index is 2.57. The van der Waals surface area contributed by atoms with Crippen molar-refractivity contribution in [1.82, 2.24) is 4.90 Å². The van der Waals surface area contributed by atoms with Crippen LogP contribution in [0.5, 0.6) is 0 Å². The van der Waals surface area contributed by atoms with E-state index in [4.69, 9.17) is 0 Å². The van der Waals surface area contributed by atoms with Crippen molar-refractivity contribution in [2.75, 3.05) is 5.75 Å². The van der Waals surface area contributed by atoms with Crippen molar-refractivity contribution >= 4 is 17.0 Å². The lowest BCUT2D eigenvalue weighted by Crippen LogP contribution is -2.45. The lowest BCUT2D eigenvalue weighted by atomic mass is 9.99. The quantitative estimate of drug-likeness (QED) is 0.649. The first kappa shape index (κ1) is 10.9. The largest absolute Gasteiger partial charge is 0.328 e. The number of piperidine rings is 1. The zero-order valence-corrected chi connectivity index (χ0v) is 9.56. The fourth-order valence-electron chi connectivity index (χ4n) is 1.98. The molecule has 0 aliphatic carbocycles. The molecule has 2 atom stereocenters. The molecule has 1 aliphatic heterocycles. The van der Waals surface area contributed by atoms with Crippen LogP contribution in [0.15, 0.2) is 0 Å². The van der Waals surface area contributed by atoms with E-state index >= 15 is 0 Å². The van der Waals surface area contributed by atoms with Crippen LogP contribution in [-0.4, -0.2) is 28.0 Å². The van der Waals surface area contributed by atoms with Crippen LogP contribution in [0, 0.1) is 0 Å². The van der Waals surface area contributed by atoms with Crippen molar-refractivity contribution in [3.63, 3.8) is 0 Å². The molecule has 0 N–H and O–H groups in total. The van der Waals surface area contributed by atoms with E-state index in [0.717, 1.165) is 5.75 Å². The highest BCUT2D eigenvalue weighted by molar-refractivity contribution is 8.13. The third-order valence-corrected chi connectivity index (χ3v) is 3.42. The summed E-state index contributed by atoms with van der Waals surface area (Å²) in [4.78, 5) is 13.8. The molecule has 1 amide bonds. The average Bonchev–Trinajstić information content (AvgIpc) is 2.04. The lowest BCUT2D eigenvalue weighted by Gasteiger charge is -2.38. The van der Waals surface area contributed by atoms with Gasteiger partial charge in [-0.1, -0.05) is 18.7 Å². The van der Waals surface area contributed by atoms with Gasteiger partial charge in [-0.3, -0.25) is 4.79 Å². The second-order valence-corrected chi connectivity index (χ2v) is 4.95. The summed E-state index contributed by atoms with van der Waals surface area (Å²) >= 11 is 1.43. The maximum atomic E-state index is 11.7. The number of carbonyl (C=O) groups is 1. The van der Waals surface area contributed by atoms with Crippen molar-refractivity contribution in [3.05, 3.63) is 0 Å². The molecule has 13 heavy (non-hydrogen) atoms. The Morgan fingerprint density at radius 3 is 2.38 bits per heavy atom. The molecule has 3 heteroatoms. The number of amides is 1. The number of thioether (sulfide) groups is 1. The Morgan fingerprint density at radius 1 is 1.38 bits per heavy atom.